The van der Waals surface area contributed by atoms with E-state index in [2.05, 4.69) is 20.8 Å². The van der Waals surface area contributed by atoms with E-state index in [1.807, 2.05) is 24.3 Å². The van der Waals surface area contributed by atoms with Crippen LogP contribution in [0.5, 0.6) is 5.75 Å². The molecule has 0 aliphatic carbocycles. The van der Waals surface area contributed by atoms with Gasteiger partial charge in [-0.25, -0.2) is 0 Å². The summed E-state index contributed by atoms with van der Waals surface area (Å²) in [6.45, 7) is 6.31. The fourth-order valence-corrected chi connectivity index (χ4v) is 3.86. The van der Waals surface area contributed by atoms with Gasteiger partial charge in [-0.1, -0.05) is 45.0 Å². The number of hydrogen-bond donors (Lipinski definition) is 1. The molecule has 32 heavy (non-hydrogen) atoms. The number of anilines is 1. The Hall–Kier alpha value is -3.80. The van der Waals surface area contributed by atoms with Crippen LogP contribution < -0.4 is 9.64 Å². The first kappa shape index (κ1) is 21.4. The number of rotatable bonds is 4. The summed E-state index contributed by atoms with van der Waals surface area (Å²) in [6, 6.07) is 16.7. The first-order valence-electron chi connectivity index (χ1n) is 10.3. The highest BCUT2D eigenvalue weighted by atomic mass is 16.5. The van der Waals surface area contributed by atoms with E-state index in [9.17, 15) is 14.7 Å². The fourth-order valence-electron chi connectivity index (χ4n) is 3.86. The maximum atomic E-state index is 13.1. The molecule has 4 rings (SSSR count). The Labute approximate surface area is 186 Å². The van der Waals surface area contributed by atoms with E-state index in [0.29, 0.717) is 22.8 Å². The van der Waals surface area contributed by atoms with Gasteiger partial charge in [-0.3, -0.25) is 14.5 Å². The van der Waals surface area contributed by atoms with E-state index in [-0.39, 0.29) is 16.7 Å². The van der Waals surface area contributed by atoms with Gasteiger partial charge in [0.25, 0.3) is 11.7 Å². The van der Waals surface area contributed by atoms with E-state index >= 15 is 0 Å². The molecular weight excluding hydrogens is 406 g/mol. The molecule has 1 N–H and O–H groups in total. The molecule has 0 spiro atoms. The number of ketones is 1. The smallest absolute Gasteiger partial charge is 0.300 e. The van der Waals surface area contributed by atoms with Crippen molar-refractivity contribution in [2.75, 3.05) is 12.0 Å². The zero-order valence-corrected chi connectivity index (χ0v) is 18.5. The van der Waals surface area contributed by atoms with E-state index in [0.717, 1.165) is 5.56 Å². The Morgan fingerprint density at radius 1 is 1.03 bits per heavy atom. The monoisotopic (exact) mass is 431 g/mol. The molecular formula is C26H25NO5. The van der Waals surface area contributed by atoms with Crippen LogP contribution in [-0.2, 0) is 15.0 Å². The SMILES string of the molecule is COc1cccc(/C(O)=C2/C(=O)C(=O)N(c3ccc(C(C)(C)C)cc3)C2c2ccco2)c1. The van der Waals surface area contributed by atoms with Crippen LogP contribution in [0.2, 0.25) is 0 Å². The molecule has 1 aliphatic rings. The van der Waals surface area contributed by atoms with Crippen LogP contribution in [0.1, 0.15) is 43.7 Å². The van der Waals surface area contributed by atoms with Crippen LogP contribution in [0.3, 0.4) is 0 Å². The molecule has 164 valence electrons. The molecule has 3 aromatic rings. The number of ether oxygens (including phenoxy) is 1. The molecule has 1 amide bonds. The second-order valence-electron chi connectivity index (χ2n) is 8.71. The van der Waals surface area contributed by atoms with Crippen LogP contribution >= 0.6 is 0 Å². The number of aliphatic hydroxyl groups is 1. The summed E-state index contributed by atoms with van der Waals surface area (Å²) < 4.78 is 10.8. The Morgan fingerprint density at radius 3 is 2.34 bits per heavy atom. The molecule has 1 aromatic heterocycles. The van der Waals surface area contributed by atoms with Gasteiger partial charge in [0.05, 0.1) is 18.9 Å². The van der Waals surface area contributed by atoms with E-state index in [1.54, 1.807) is 36.4 Å². The highest BCUT2D eigenvalue weighted by molar-refractivity contribution is 6.51. The number of aliphatic hydroxyl groups excluding tert-OH is 1. The number of methoxy groups -OCH3 is 1. The summed E-state index contributed by atoms with van der Waals surface area (Å²) in [5.41, 5.74) is 1.94. The minimum atomic E-state index is -0.892. The summed E-state index contributed by atoms with van der Waals surface area (Å²) in [6.07, 6.45) is 1.48. The minimum Gasteiger partial charge on any atom is -0.507 e. The number of Topliss-reactive ketones (excluding diaryl/α,β-unsaturated/α-hetero) is 1. The number of carbonyl (C=O) groups excluding carboxylic acids is 2. The molecule has 1 fully saturated rings. The Morgan fingerprint density at radius 2 is 1.75 bits per heavy atom. The molecule has 0 saturated carbocycles. The van der Waals surface area contributed by atoms with Crippen molar-refractivity contribution in [1.82, 2.24) is 0 Å². The highest BCUT2D eigenvalue weighted by Crippen LogP contribution is 2.42. The second kappa shape index (κ2) is 8.04. The largest absolute Gasteiger partial charge is 0.507 e. The maximum absolute atomic E-state index is 13.1. The predicted octanol–water partition coefficient (Wildman–Crippen LogP) is 5.21. The molecule has 2 heterocycles. The van der Waals surface area contributed by atoms with Gasteiger partial charge in [0.1, 0.15) is 23.3 Å². The predicted molar refractivity (Wildman–Crippen MR) is 122 cm³/mol. The van der Waals surface area contributed by atoms with Gasteiger partial charge >= 0.3 is 0 Å². The molecule has 1 atom stereocenters. The molecule has 6 heteroatoms. The molecule has 2 aromatic carbocycles. The summed E-state index contributed by atoms with van der Waals surface area (Å²) in [5, 5.41) is 11.1. The lowest BCUT2D eigenvalue weighted by molar-refractivity contribution is -0.132. The number of hydrogen-bond acceptors (Lipinski definition) is 5. The minimum absolute atomic E-state index is 0.0295. The first-order valence-corrected chi connectivity index (χ1v) is 10.3. The lowest BCUT2D eigenvalue weighted by Crippen LogP contribution is -2.29. The zero-order chi connectivity index (χ0) is 23.0. The van der Waals surface area contributed by atoms with Crippen molar-refractivity contribution in [1.29, 1.82) is 0 Å². The summed E-state index contributed by atoms with van der Waals surface area (Å²) in [7, 11) is 1.52. The molecule has 1 unspecified atom stereocenters. The van der Waals surface area contributed by atoms with Gasteiger partial charge in [0, 0.05) is 11.3 Å². The van der Waals surface area contributed by atoms with Crippen LogP contribution in [0.4, 0.5) is 5.69 Å². The topological polar surface area (TPSA) is 80.0 Å². The molecule has 1 aliphatic heterocycles. The van der Waals surface area contributed by atoms with Gasteiger partial charge in [-0.15, -0.1) is 0 Å². The van der Waals surface area contributed by atoms with Gasteiger partial charge in [-0.05, 0) is 47.4 Å². The third kappa shape index (κ3) is 3.68. The number of furan rings is 1. The normalized spacial score (nSPS) is 18.2. The van der Waals surface area contributed by atoms with Crippen molar-refractivity contribution >= 4 is 23.1 Å². The van der Waals surface area contributed by atoms with E-state index in [1.165, 1.54) is 18.3 Å². The Balaban J connectivity index is 1.87. The van der Waals surface area contributed by atoms with Crippen LogP contribution in [-0.4, -0.2) is 23.9 Å². The average Bonchev–Trinajstić information content (AvgIpc) is 3.40. The summed E-state index contributed by atoms with van der Waals surface area (Å²) in [4.78, 5) is 27.6. The lowest BCUT2D eigenvalue weighted by Gasteiger charge is -2.25. The standard InChI is InChI=1S/C26H25NO5/c1-26(2,3)17-10-12-18(13-11-17)27-22(20-9-6-14-32-20)21(24(29)25(27)30)23(28)16-7-5-8-19(15-16)31-4/h5-15,22,28H,1-4H3/b23-21-. The van der Waals surface area contributed by atoms with Gasteiger partial charge in [-0.2, -0.15) is 0 Å². The zero-order valence-electron chi connectivity index (χ0n) is 18.5. The molecule has 0 bridgehead atoms. The summed E-state index contributed by atoms with van der Waals surface area (Å²) >= 11 is 0. The van der Waals surface area contributed by atoms with Crippen molar-refractivity contribution in [2.24, 2.45) is 0 Å². The van der Waals surface area contributed by atoms with Crippen molar-refractivity contribution in [3.05, 3.63) is 89.4 Å². The first-order chi connectivity index (χ1) is 15.2. The molecule has 0 radical (unpaired) electrons. The third-order valence-corrected chi connectivity index (χ3v) is 5.61. The Kier molecular flexibility index (Phi) is 5.38. The van der Waals surface area contributed by atoms with Crippen LogP contribution in [0.25, 0.3) is 5.76 Å². The van der Waals surface area contributed by atoms with Crippen molar-refractivity contribution in [3.63, 3.8) is 0 Å². The Bertz CT molecular complexity index is 1180. The van der Waals surface area contributed by atoms with Gasteiger partial charge < -0.3 is 14.3 Å². The van der Waals surface area contributed by atoms with E-state index in [4.69, 9.17) is 9.15 Å². The summed E-state index contributed by atoms with van der Waals surface area (Å²) in [5.74, 6) is -0.868. The van der Waals surface area contributed by atoms with E-state index < -0.39 is 17.7 Å². The quantitative estimate of drug-likeness (QED) is 0.348. The van der Waals surface area contributed by atoms with Crippen molar-refractivity contribution in [3.8, 4) is 5.75 Å². The van der Waals surface area contributed by atoms with Gasteiger partial charge in [0.15, 0.2) is 0 Å². The second-order valence-corrected chi connectivity index (χ2v) is 8.71. The number of nitrogens with zero attached hydrogens (tertiary/aromatic N) is 1. The molecule has 1 saturated heterocycles. The average molecular weight is 431 g/mol. The fraction of sp³-hybridized carbons (Fsp3) is 0.231. The number of amides is 1. The highest BCUT2D eigenvalue weighted by Gasteiger charge is 2.48. The van der Waals surface area contributed by atoms with Crippen LogP contribution in [0, 0.1) is 0 Å². The van der Waals surface area contributed by atoms with Crippen molar-refractivity contribution < 1.29 is 23.8 Å². The number of carbonyl (C=O) groups is 2. The van der Waals surface area contributed by atoms with Crippen molar-refractivity contribution in [2.45, 2.75) is 32.2 Å². The van der Waals surface area contributed by atoms with Gasteiger partial charge in [0.2, 0.25) is 0 Å². The molecule has 6 nitrogen and oxygen atoms in total. The lowest BCUT2D eigenvalue weighted by atomic mass is 9.87. The third-order valence-electron chi connectivity index (χ3n) is 5.61. The maximum Gasteiger partial charge on any atom is 0.300 e. The van der Waals surface area contributed by atoms with Crippen LogP contribution in [0.15, 0.2) is 76.9 Å². The number of benzene rings is 2.